The molecule has 10 heteroatoms. The molecule has 4 rings (SSSR count). The first-order valence-corrected chi connectivity index (χ1v) is 16.9. The third kappa shape index (κ3) is 8.95. The molecule has 0 spiro atoms. The Balaban J connectivity index is 1.79. The van der Waals surface area contributed by atoms with E-state index < -0.39 is 28.5 Å². The van der Waals surface area contributed by atoms with Gasteiger partial charge >= 0.3 is 0 Å². The molecule has 1 atom stereocenters. The van der Waals surface area contributed by atoms with Crippen LogP contribution in [0.5, 0.6) is 5.75 Å². The monoisotopic (exact) mass is 691 g/mol. The molecule has 4 aromatic carbocycles. The van der Waals surface area contributed by atoms with Gasteiger partial charge in [-0.2, -0.15) is 0 Å². The van der Waals surface area contributed by atoms with Gasteiger partial charge in [0.25, 0.3) is 10.0 Å². The molecule has 0 saturated heterocycles. The number of carbonyl (C=O) groups is 2. The maximum atomic E-state index is 14.5. The van der Waals surface area contributed by atoms with Crippen molar-refractivity contribution in [3.8, 4) is 5.75 Å². The van der Waals surface area contributed by atoms with Crippen molar-refractivity contribution in [1.82, 2.24) is 10.2 Å². The summed E-state index contributed by atoms with van der Waals surface area (Å²) >= 11 is 3.50. The lowest BCUT2D eigenvalue weighted by atomic mass is 10.0. The van der Waals surface area contributed by atoms with Gasteiger partial charge in [0.2, 0.25) is 11.8 Å². The molecule has 4 aromatic rings. The molecular formula is C35H38BrN3O5S. The Kier molecular flexibility index (Phi) is 11.8. The van der Waals surface area contributed by atoms with E-state index in [0.717, 1.165) is 31.9 Å². The van der Waals surface area contributed by atoms with Crippen LogP contribution in [0.25, 0.3) is 0 Å². The zero-order chi connectivity index (χ0) is 32.4. The maximum absolute atomic E-state index is 14.5. The number of hydrogen-bond acceptors (Lipinski definition) is 5. The summed E-state index contributed by atoms with van der Waals surface area (Å²) < 4.78 is 35.4. The van der Waals surface area contributed by atoms with E-state index in [4.69, 9.17) is 4.74 Å². The molecule has 1 unspecified atom stereocenters. The Morgan fingerprint density at radius 1 is 0.889 bits per heavy atom. The Morgan fingerprint density at radius 3 is 2.18 bits per heavy atom. The van der Waals surface area contributed by atoms with Gasteiger partial charge < -0.3 is 15.0 Å². The zero-order valence-electron chi connectivity index (χ0n) is 25.6. The van der Waals surface area contributed by atoms with E-state index in [9.17, 15) is 18.0 Å². The summed E-state index contributed by atoms with van der Waals surface area (Å²) in [5.74, 6) is -0.307. The van der Waals surface area contributed by atoms with Crippen LogP contribution in [-0.4, -0.2) is 51.4 Å². The number of methoxy groups -OCH3 is 1. The second kappa shape index (κ2) is 15.7. The first kappa shape index (κ1) is 33.7. The predicted octanol–water partition coefficient (Wildman–Crippen LogP) is 6.13. The van der Waals surface area contributed by atoms with Crippen LogP contribution in [0.15, 0.2) is 112 Å². The second-order valence-corrected chi connectivity index (χ2v) is 13.4. The van der Waals surface area contributed by atoms with Crippen LogP contribution in [0.3, 0.4) is 0 Å². The quantitative estimate of drug-likeness (QED) is 0.172. The summed E-state index contributed by atoms with van der Waals surface area (Å²) in [6.07, 6.45) is 0.983. The minimum atomic E-state index is -4.20. The van der Waals surface area contributed by atoms with E-state index in [1.54, 1.807) is 36.4 Å². The molecule has 236 valence electrons. The molecule has 2 amide bonds. The number of ether oxygens (including phenoxy) is 1. The Morgan fingerprint density at radius 2 is 1.56 bits per heavy atom. The molecule has 0 heterocycles. The van der Waals surface area contributed by atoms with Gasteiger partial charge in [-0.1, -0.05) is 83.0 Å². The first-order chi connectivity index (χ1) is 21.6. The minimum Gasteiger partial charge on any atom is -0.497 e. The minimum absolute atomic E-state index is 0.0109. The summed E-state index contributed by atoms with van der Waals surface area (Å²) in [4.78, 5) is 29.7. The van der Waals surface area contributed by atoms with Crippen LogP contribution < -0.4 is 14.4 Å². The van der Waals surface area contributed by atoms with E-state index in [1.165, 1.54) is 24.1 Å². The lowest BCUT2D eigenvalue weighted by Gasteiger charge is -2.34. The third-order valence-electron chi connectivity index (χ3n) is 7.31. The van der Waals surface area contributed by atoms with Crippen molar-refractivity contribution < 1.29 is 22.7 Å². The number of aryl methyl sites for hydroxylation is 1. The molecule has 0 fully saturated rings. The number of sulfonamides is 1. The van der Waals surface area contributed by atoms with Gasteiger partial charge in [0.15, 0.2) is 0 Å². The average Bonchev–Trinajstić information content (AvgIpc) is 3.05. The smallest absolute Gasteiger partial charge is 0.264 e. The van der Waals surface area contributed by atoms with Gasteiger partial charge in [-0.15, -0.1) is 0 Å². The topological polar surface area (TPSA) is 96.0 Å². The number of hydrogen-bond donors (Lipinski definition) is 1. The molecule has 0 radical (unpaired) electrons. The van der Waals surface area contributed by atoms with Gasteiger partial charge in [-0.05, 0) is 73.0 Å². The van der Waals surface area contributed by atoms with Gasteiger partial charge in [-0.3, -0.25) is 13.9 Å². The third-order valence-corrected chi connectivity index (χ3v) is 9.59. The van der Waals surface area contributed by atoms with Gasteiger partial charge in [0.05, 0.1) is 17.7 Å². The van der Waals surface area contributed by atoms with Crippen LogP contribution in [0, 0.1) is 6.92 Å². The van der Waals surface area contributed by atoms with E-state index in [1.807, 2.05) is 68.4 Å². The largest absolute Gasteiger partial charge is 0.497 e. The lowest BCUT2D eigenvalue weighted by Crippen LogP contribution is -2.53. The van der Waals surface area contributed by atoms with Crippen molar-refractivity contribution >= 4 is 43.5 Å². The van der Waals surface area contributed by atoms with Crippen molar-refractivity contribution in [1.29, 1.82) is 0 Å². The lowest BCUT2D eigenvalue weighted by molar-refractivity contribution is -0.140. The highest BCUT2D eigenvalue weighted by atomic mass is 79.9. The molecule has 0 aliphatic rings. The Labute approximate surface area is 274 Å². The van der Waals surface area contributed by atoms with Crippen LogP contribution in [-0.2, 0) is 32.6 Å². The number of halogens is 1. The molecule has 0 saturated carbocycles. The van der Waals surface area contributed by atoms with Crippen molar-refractivity contribution in [3.05, 3.63) is 124 Å². The fourth-order valence-corrected chi connectivity index (χ4v) is 6.73. The molecule has 0 aromatic heterocycles. The summed E-state index contributed by atoms with van der Waals surface area (Å²) in [5, 5.41) is 2.96. The molecule has 0 aliphatic heterocycles. The number of nitrogens with one attached hydrogen (secondary N) is 1. The predicted molar refractivity (Wildman–Crippen MR) is 181 cm³/mol. The standard InChI is InChI=1S/C35H38BrN3O5S/c1-4-21-37-35(41)33(23-27-9-6-5-7-10-27)38(24-28-11-8-12-29(36)22-28)34(40)25-39(30-15-13-26(2)14-16-30)45(42,43)32-19-17-31(44-3)18-20-32/h5-20,22,33H,4,21,23-25H2,1-3H3,(H,37,41). The highest BCUT2D eigenvalue weighted by Crippen LogP contribution is 2.27. The van der Waals surface area contributed by atoms with Gasteiger partial charge in [0.1, 0.15) is 18.3 Å². The maximum Gasteiger partial charge on any atom is 0.264 e. The summed E-state index contributed by atoms with van der Waals surface area (Å²) in [6.45, 7) is 3.89. The molecule has 1 N–H and O–H groups in total. The molecule has 45 heavy (non-hydrogen) atoms. The average molecular weight is 693 g/mol. The van der Waals surface area contributed by atoms with Crippen LogP contribution in [0.4, 0.5) is 5.69 Å². The molecule has 0 aliphatic carbocycles. The second-order valence-electron chi connectivity index (χ2n) is 10.7. The molecule has 0 bridgehead atoms. The fourth-order valence-electron chi connectivity index (χ4n) is 4.87. The summed E-state index contributed by atoms with van der Waals surface area (Å²) in [6, 6.07) is 29.1. The number of anilines is 1. The zero-order valence-corrected chi connectivity index (χ0v) is 28.1. The van der Waals surface area contributed by atoms with Crippen LogP contribution in [0.2, 0.25) is 0 Å². The van der Waals surface area contributed by atoms with Crippen molar-refractivity contribution in [2.24, 2.45) is 0 Å². The SMILES string of the molecule is CCCNC(=O)C(Cc1ccccc1)N(Cc1cccc(Br)c1)C(=O)CN(c1ccc(C)cc1)S(=O)(=O)c1ccc(OC)cc1. The molecular weight excluding hydrogens is 654 g/mol. The number of rotatable bonds is 14. The fraction of sp³-hybridized carbons (Fsp3) is 0.257. The van der Waals surface area contributed by atoms with E-state index in [0.29, 0.717) is 18.0 Å². The molecule has 8 nitrogen and oxygen atoms in total. The summed E-state index contributed by atoms with van der Waals surface area (Å²) in [5.41, 5.74) is 2.95. The normalized spacial score (nSPS) is 11.8. The Hall–Kier alpha value is -4.15. The number of carbonyl (C=O) groups excluding carboxylic acids is 2. The highest BCUT2D eigenvalue weighted by Gasteiger charge is 2.34. The summed E-state index contributed by atoms with van der Waals surface area (Å²) in [7, 11) is -2.69. The van der Waals surface area contributed by atoms with Gasteiger partial charge in [-0.25, -0.2) is 8.42 Å². The van der Waals surface area contributed by atoms with Gasteiger partial charge in [0, 0.05) is 24.0 Å². The highest BCUT2D eigenvalue weighted by molar-refractivity contribution is 9.10. The van der Waals surface area contributed by atoms with Crippen LogP contribution >= 0.6 is 15.9 Å². The van der Waals surface area contributed by atoms with Crippen molar-refractivity contribution in [2.75, 3.05) is 24.5 Å². The van der Waals surface area contributed by atoms with Crippen molar-refractivity contribution in [3.63, 3.8) is 0 Å². The number of benzene rings is 4. The number of amides is 2. The van der Waals surface area contributed by atoms with E-state index in [-0.39, 0.29) is 23.8 Å². The number of nitrogens with zero attached hydrogens (tertiary/aromatic N) is 2. The van der Waals surface area contributed by atoms with Crippen LogP contribution in [0.1, 0.15) is 30.0 Å². The first-order valence-electron chi connectivity index (χ1n) is 14.7. The van der Waals surface area contributed by atoms with E-state index >= 15 is 0 Å². The Bertz CT molecular complexity index is 1680. The van der Waals surface area contributed by atoms with E-state index in [2.05, 4.69) is 21.2 Å². The van der Waals surface area contributed by atoms with Crippen molar-refractivity contribution in [2.45, 2.75) is 44.2 Å².